The SMILES string of the molecule is O=C([C@H]1CCCNC1)N1CC2CCCC(C2)C1. The summed E-state index contributed by atoms with van der Waals surface area (Å²) in [6, 6.07) is 0. The second kappa shape index (κ2) is 4.97. The predicted octanol–water partition coefficient (Wildman–Crippen LogP) is 1.63. The van der Waals surface area contributed by atoms with Gasteiger partial charge in [0.05, 0.1) is 5.92 Å². The normalized spacial score (nSPS) is 37.9. The van der Waals surface area contributed by atoms with Crippen molar-refractivity contribution >= 4 is 5.91 Å². The highest BCUT2D eigenvalue weighted by Crippen LogP contribution is 2.35. The quantitative estimate of drug-likeness (QED) is 0.750. The molecule has 96 valence electrons. The third-order valence-electron chi connectivity index (χ3n) is 4.81. The molecule has 3 aliphatic rings. The lowest BCUT2D eigenvalue weighted by Gasteiger charge is -2.42. The number of carbonyl (C=O) groups excluding carboxylic acids is 1. The second-order valence-corrected chi connectivity index (χ2v) is 6.19. The summed E-state index contributed by atoms with van der Waals surface area (Å²) in [6.45, 7) is 4.09. The van der Waals surface area contributed by atoms with Crippen LogP contribution < -0.4 is 5.32 Å². The summed E-state index contributed by atoms with van der Waals surface area (Å²) in [6.07, 6.45) is 7.73. The molecule has 0 aromatic heterocycles. The lowest BCUT2D eigenvalue weighted by Crippen LogP contribution is -2.50. The van der Waals surface area contributed by atoms with Crippen LogP contribution in [0, 0.1) is 17.8 Å². The van der Waals surface area contributed by atoms with Crippen LogP contribution in [0.5, 0.6) is 0 Å². The Kier molecular flexibility index (Phi) is 3.37. The Hall–Kier alpha value is -0.570. The Morgan fingerprint density at radius 1 is 1.06 bits per heavy atom. The maximum Gasteiger partial charge on any atom is 0.226 e. The number of nitrogens with one attached hydrogen (secondary N) is 1. The third-order valence-corrected chi connectivity index (χ3v) is 4.81. The Balaban J connectivity index is 1.61. The highest BCUT2D eigenvalue weighted by atomic mass is 16.2. The molecule has 1 saturated carbocycles. The molecule has 3 nitrogen and oxygen atoms in total. The van der Waals surface area contributed by atoms with E-state index in [-0.39, 0.29) is 5.92 Å². The molecule has 3 atom stereocenters. The molecule has 1 amide bonds. The molecule has 2 heterocycles. The number of hydrogen-bond acceptors (Lipinski definition) is 2. The molecule has 0 spiro atoms. The van der Waals surface area contributed by atoms with Crippen molar-refractivity contribution in [3.8, 4) is 0 Å². The summed E-state index contributed by atoms with van der Waals surface area (Å²) in [7, 11) is 0. The molecule has 3 heteroatoms. The van der Waals surface area contributed by atoms with E-state index in [9.17, 15) is 4.79 Å². The van der Waals surface area contributed by atoms with Crippen molar-refractivity contribution < 1.29 is 4.79 Å². The monoisotopic (exact) mass is 236 g/mol. The van der Waals surface area contributed by atoms with Gasteiger partial charge in [-0.25, -0.2) is 0 Å². The maximum absolute atomic E-state index is 12.5. The molecule has 0 aromatic carbocycles. The van der Waals surface area contributed by atoms with Gasteiger partial charge in [-0.2, -0.15) is 0 Å². The van der Waals surface area contributed by atoms with Crippen LogP contribution in [-0.2, 0) is 4.79 Å². The van der Waals surface area contributed by atoms with Gasteiger partial charge in [-0.15, -0.1) is 0 Å². The van der Waals surface area contributed by atoms with Crippen LogP contribution in [0.15, 0.2) is 0 Å². The summed E-state index contributed by atoms with van der Waals surface area (Å²) >= 11 is 0. The third kappa shape index (κ3) is 2.49. The zero-order valence-electron chi connectivity index (χ0n) is 10.7. The van der Waals surface area contributed by atoms with Crippen LogP contribution in [0.25, 0.3) is 0 Å². The summed E-state index contributed by atoms with van der Waals surface area (Å²) in [5, 5.41) is 3.36. The van der Waals surface area contributed by atoms with Crippen molar-refractivity contribution in [2.45, 2.75) is 38.5 Å². The first-order chi connectivity index (χ1) is 8.33. The van der Waals surface area contributed by atoms with E-state index < -0.39 is 0 Å². The van der Waals surface area contributed by atoms with Gasteiger partial charge in [0.15, 0.2) is 0 Å². The summed E-state index contributed by atoms with van der Waals surface area (Å²) < 4.78 is 0. The van der Waals surface area contributed by atoms with E-state index in [2.05, 4.69) is 10.2 Å². The lowest BCUT2D eigenvalue weighted by molar-refractivity contribution is -0.139. The highest BCUT2D eigenvalue weighted by Gasteiger charge is 2.35. The highest BCUT2D eigenvalue weighted by molar-refractivity contribution is 5.79. The van der Waals surface area contributed by atoms with E-state index in [1.54, 1.807) is 0 Å². The Bertz CT molecular complexity index is 274. The number of fused-ring (bicyclic) bond motifs is 2. The largest absolute Gasteiger partial charge is 0.342 e. The van der Waals surface area contributed by atoms with E-state index in [0.29, 0.717) is 5.91 Å². The van der Waals surface area contributed by atoms with Crippen LogP contribution in [0.4, 0.5) is 0 Å². The standard InChI is InChI=1S/C14H24N2O/c17-14(13-5-2-6-15-8-13)16-9-11-3-1-4-12(7-11)10-16/h11-13,15H,1-10H2/t11?,12?,13-/m0/s1. The summed E-state index contributed by atoms with van der Waals surface area (Å²) in [4.78, 5) is 14.7. The van der Waals surface area contributed by atoms with E-state index in [0.717, 1.165) is 50.9 Å². The number of rotatable bonds is 1. The van der Waals surface area contributed by atoms with Gasteiger partial charge in [0.25, 0.3) is 0 Å². The lowest BCUT2D eigenvalue weighted by atomic mass is 9.77. The predicted molar refractivity (Wildman–Crippen MR) is 67.6 cm³/mol. The van der Waals surface area contributed by atoms with Gasteiger partial charge in [0, 0.05) is 19.6 Å². The molecule has 0 radical (unpaired) electrons. The van der Waals surface area contributed by atoms with Gasteiger partial charge < -0.3 is 10.2 Å². The van der Waals surface area contributed by atoms with Crippen molar-refractivity contribution in [1.29, 1.82) is 0 Å². The van der Waals surface area contributed by atoms with Crippen molar-refractivity contribution in [2.24, 2.45) is 17.8 Å². The number of hydrogen-bond donors (Lipinski definition) is 1. The molecule has 0 aromatic rings. The molecular formula is C14H24N2O. The number of nitrogens with zero attached hydrogens (tertiary/aromatic N) is 1. The van der Waals surface area contributed by atoms with E-state index in [1.807, 2.05) is 0 Å². The molecule has 1 aliphatic carbocycles. The molecule has 17 heavy (non-hydrogen) atoms. The number of piperidine rings is 2. The molecule has 3 fully saturated rings. The minimum absolute atomic E-state index is 0.266. The first-order valence-corrected chi connectivity index (χ1v) is 7.32. The minimum atomic E-state index is 0.266. The van der Waals surface area contributed by atoms with Gasteiger partial charge in [-0.05, 0) is 50.5 Å². The topological polar surface area (TPSA) is 32.3 Å². The average molecular weight is 236 g/mol. The van der Waals surface area contributed by atoms with E-state index in [1.165, 1.54) is 25.7 Å². The zero-order valence-corrected chi connectivity index (χ0v) is 10.7. The molecule has 3 rings (SSSR count). The first-order valence-electron chi connectivity index (χ1n) is 7.32. The Labute approximate surface area is 104 Å². The van der Waals surface area contributed by atoms with Gasteiger partial charge in [-0.1, -0.05) is 6.42 Å². The first kappa shape index (κ1) is 11.5. The Morgan fingerprint density at radius 3 is 2.47 bits per heavy atom. The van der Waals surface area contributed by atoms with Crippen LogP contribution in [0.1, 0.15) is 38.5 Å². The summed E-state index contributed by atoms with van der Waals surface area (Å²) in [5.41, 5.74) is 0. The van der Waals surface area contributed by atoms with Gasteiger partial charge in [0.2, 0.25) is 5.91 Å². The number of likely N-dealkylation sites (tertiary alicyclic amines) is 1. The second-order valence-electron chi connectivity index (χ2n) is 6.19. The van der Waals surface area contributed by atoms with Crippen LogP contribution >= 0.6 is 0 Å². The van der Waals surface area contributed by atoms with Crippen molar-refractivity contribution in [3.63, 3.8) is 0 Å². The van der Waals surface area contributed by atoms with Gasteiger partial charge >= 0.3 is 0 Å². The van der Waals surface area contributed by atoms with Crippen molar-refractivity contribution in [1.82, 2.24) is 10.2 Å². The van der Waals surface area contributed by atoms with Crippen LogP contribution in [-0.4, -0.2) is 37.0 Å². The van der Waals surface area contributed by atoms with Gasteiger partial charge in [0.1, 0.15) is 0 Å². The van der Waals surface area contributed by atoms with Crippen LogP contribution in [0.2, 0.25) is 0 Å². The fraction of sp³-hybridized carbons (Fsp3) is 0.929. The summed E-state index contributed by atoms with van der Waals surface area (Å²) in [5.74, 6) is 2.32. The van der Waals surface area contributed by atoms with E-state index in [4.69, 9.17) is 0 Å². The fourth-order valence-corrected chi connectivity index (χ4v) is 3.93. The van der Waals surface area contributed by atoms with Crippen molar-refractivity contribution in [2.75, 3.05) is 26.2 Å². The molecule has 2 aliphatic heterocycles. The number of carbonyl (C=O) groups is 1. The smallest absolute Gasteiger partial charge is 0.226 e. The Morgan fingerprint density at radius 2 is 1.82 bits per heavy atom. The molecule has 2 unspecified atom stereocenters. The maximum atomic E-state index is 12.5. The average Bonchev–Trinajstić information content (AvgIpc) is 2.38. The van der Waals surface area contributed by atoms with Gasteiger partial charge in [-0.3, -0.25) is 4.79 Å². The fourth-order valence-electron chi connectivity index (χ4n) is 3.93. The molecule has 2 saturated heterocycles. The molecular weight excluding hydrogens is 212 g/mol. The van der Waals surface area contributed by atoms with E-state index >= 15 is 0 Å². The van der Waals surface area contributed by atoms with Crippen molar-refractivity contribution in [3.05, 3.63) is 0 Å². The van der Waals surface area contributed by atoms with Crippen LogP contribution in [0.3, 0.4) is 0 Å². The molecule has 1 N–H and O–H groups in total. The zero-order chi connectivity index (χ0) is 11.7. The number of amides is 1. The minimum Gasteiger partial charge on any atom is -0.342 e. The molecule has 2 bridgehead atoms.